The fourth-order valence-electron chi connectivity index (χ4n) is 1.56. The third-order valence-corrected chi connectivity index (χ3v) is 2.73. The Hall–Kier alpha value is -0.0300. The van der Waals surface area contributed by atoms with Crippen molar-refractivity contribution in [2.75, 3.05) is 0 Å². The molecule has 1 aliphatic carbocycles. The molecule has 0 amide bonds. The van der Waals surface area contributed by atoms with Gasteiger partial charge in [-0.1, -0.05) is 42.2 Å². The molecule has 1 rings (SSSR count). The predicted octanol–water partition coefficient (Wildman–Crippen LogP) is 3.03. The summed E-state index contributed by atoms with van der Waals surface area (Å²) in [6.07, 6.45) is 8.31. The molecule has 0 spiro atoms. The minimum absolute atomic E-state index is 0.299. The number of aliphatic hydroxyl groups is 1. The van der Waals surface area contributed by atoms with E-state index in [-0.39, 0.29) is 4.11 Å². The summed E-state index contributed by atoms with van der Waals surface area (Å²) in [7, 11) is 0. The summed E-state index contributed by atoms with van der Waals surface area (Å²) in [5, 5.41) is 9.38. The van der Waals surface area contributed by atoms with E-state index in [1.807, 2.05) is 28.8 Å². The molecule has 1 aliphatic rings. The zero-order valence-electron chi connectivity index (χ0n) is 8.62. The van der Waals surface area contributed by atoms with Gasteiger partial charge in [0, 0.05) is 18.2 Å². The maximum Gasteiger partial charge on any atom is 0.110 e. The number of aliphatic hydroxyl groups excluding tert-OH is 1. The summed E-state index contributed by atoms with van der Waals surface area (Å²) in [6, 6.07) is 0.639. The van der Waals surface area contributed by atoms with E-state index in [2.05, 4.69) is 24.5 Å². The highest BCUT2D eigenvalue weighted by atomic mass is 127. The summed E-state index contributed by atoms with van der Waals surface area (Å²) in [6.45, 7) is 5.95. The van der Waals surface area contributed by atoms with Crippen molar-refractivity contribution in [1.29, 1.82) is 0 Å². The Kier molecular flexibility index (Phi) is 4.95. The number of nitrogens with zero attached hydrogens (tertiary/aromatic N) is 1. The Morgan fingerprint density at radius 2 is 2.36 bits per heavy atom. The SMILES string of the molecule is C=CN(/C(=C/CC)CC(O)I)C1CC1. The van der Waals surface area contributed by atoms with Crippen molar-refractivity contribution in [1.82, 2.24) is 4.90 Å². The van der Waals surface area contributed by atoms with Gasteiger partial charge in [-0.15, -0.1) is 0 Å². The average molecular weight is 307 g/mol. The van der Waals surface area contributed by atoms with Crippen LogP contribution in [0.4, 0.5) is 0 Å². The second-order valence-corrected chi connectivity index (χ2v) is 5.00. The molecule has 1 unspecified atom stereocenters. The molecule has 1 saturated carbocycles. The zero-order chi connectivity index (χ0) is 10.6. The van der Waals surface area contributed by atoms with E-state index in [4.69, 9.17) is 0 Å². The topological polar surface area (TPSA) is 23.5 Å². The second-order valence-electron chi connectivity index (χ2n) is 3.56. The van der Waals surface area contributed by atoms with Crippen molar-refractivity contribution < 1.29 is 5.11 Å². The van der Waals surface area contributed by atoms with E-state index in [0.717, 1.165) is 12.8 Å². The van der Waals surface area contributed by atoms with Gasteiger partial charge in [0.15, 0.2) is 0 Å². The quantitative estimate of drug-likeness (QED) is 0.602. The van der Waals surface area contributed by atoms with Crippen molar-refractivity contribution in [3.63, 3.8) is 0 Å². The van der Waals surface area contributed by atoms with Crippen LogP contribution in [0, 0.1) is 0 Å². The molecule has 0 radical (unpaired) electrons. The minimum atomic E-state index is -0.299. The number of alkyl halides is 1. The van der Waals surface area contributed by atoms with Crippen molar-refractivity contribution in [3.8, 4) is 0 Å². The molecule has 14 heavy (non-hydrogen) atoms. The molecule has 0 aromatic rings. The number of allylic oxidation sites excluding steroid dienone is 1. The number of halogens is 1. The maximum atomic E-state index is 9.38. The molecule has 1 fully saturated rings. The molecule has 2 nitrogen and oxygen atoms in total. The molecule has 0 heterocycles. The first-order valence-electron chi connectivity index (χ1n) is 5.11. The zero-order valence-corrected chi connectivity index (χ0v) is 10.8. The molecule has 1 atom stereocenters. The highest BCUT2D eigenvalue weighted by Crippen LogP contribution is 2.32. The Morgan fingerprint density at radius 1 is 1.71 bits per heavy atom. The normalized spacial score (nSPS) is 19.2. The lowest BCUT2D eigenvalue weighted by molar-refractivity contribution is 0.264. The summed E-state index contributed by atoms with van der Waals surface area (Å²) < 4.78 is -0.299. The van der Waals surface area contributed by atoms with Crippen LogP contribution in [0.2, 0.25) is 0 Å². The van der Waals surface area contributed by atoms with Gasteiger partial charge in [-0.25, -0.2) is 0 Å². The Balaban J connectivity index is 2.63. The lowest BCUT2D eigenvalue weighted by Gasteiger charge is -2.24. The van der Waals surface area contributed by atoms with Crippen LogP contribution in [0.3, 0.4) is 0 Å². The molecule has 0 aliphatic heterocycles. The van der Waals surface area contributed by atoms with Gasteiger partial charge in [0.05, 0.1) is 0 Å². The molecular weight excluding hydrogens is 289 g/mol. The van der Waals surface area contributed by atoms with Gasteiger partial charge >= 0.3 is 0 Å². The first kappa shape index (κ1) is 12.0. The number of hydrogen-bond acceptors (Lipinski definition) is 2. The van der Waals surface area contributed by atoms with E-state index >= 15 is 0 Å². The lowest BCUT2D eigenvalue weighted by atomic mass is 10.2. The van der Waals surface area contributed by atoms with Crippen molar-refractivity contribution in [3.05, 3.63) is 24.6 Å². The summed E-state index contributed by atoms with van der Waals surface area (Å²) in [5.74, 6) is 0. The Labute approximate surface area is 99.8 Å². The van der Waals surface area contributed by atoms with Gasteiger partial charge in [0.2, 0.25) is 0 Å². The number of hydrogen-bond donors (Lipinski definition) is 1. The molecule has 0 saturated heterocycles. The molecule has 0 aromatic heterocycles. The highest BCUT2D eigenvalue weighted by molar-refractivity contribution is 14.1. The van der Waals surface area contributed by atoms with E-state index in [1.54, 1.807) is 0 Å². The number of rotatable bonds is 6. The molecule has 0 aromatic carbocycles. The molecular formula is C11H18INO. The fourth-order valence-corrected chi connectivity index (χ4v) is 2.01. The van der Waals surface area contributed by atoms with Crippen LogP contribution in [-0.2, 0) is 0 Å². The van der Waals surface area contributed by atoms with Crippen molar-refractivity contribution in [2.45, 2.75) is 42.8 Å². The van der Waals surface area contributed by atoms with Gasteiger partial charge in [0.1, 0.15) is 4.11 Å². The molecule has 0 bridgehead atoms. The van der Waals surface area contributed by atoms with Crippen LogP contribution >= 0.6 is 22.6 Å². The summed E-state index contributed by atoms with van der Waals surface area (Å²) in [5.41, 5.74) is 1.21. The summed E-state index contributed by atoms with van der Waals surface area (Å²) in [4.78, 5) is 2.21. The van der Waals surface area contributed by atoms with Crippen LogP contribution in [0.5, 0.6) is 0 Å². The van der Waals surface area contributed by atoms with Crippen molar-refractivity contribution in [2.24, 2.45) is 0 Å². The largest absolute Gasteiger partial charge is 0.382 e. The first-order valence-corrected chi connectivity index (χ1v) is 6.35. The standard InChI is InChI=1S/C11H18INO/c1-3-5-10(8-11(12)14)13(4-2)9-6-7-9/h4-5,9,11,14H,2-3,6-8H2,1H3/b10-5+. The lowest BCUT2D eigenvalue weighted by Crippen LogP contribution is -2.20. The maximum absolute atomic E-state index is 9.38. The predicted molar refractivity (Wildman–Crippen MR) is 68.1 cm³/mol. The van der Waals surface area contributed by atoms with Crippen LogP contribution in [0.15, 0.2) is 24.6 Å². The van der Waals surface area contributed by atoms with Gasteiger partial charge in [-0.05, 0) is 25.5 Å². The van der Waals surface area contributed by atoms with E-state index in [1.165, 1.54) is 18.5 Å². The smallest absolute Gasteiger partial charge is 0.110 e. The van der Waals surface area contributed by atoms with Gasteiger partial charge in [0.25, 0.3) is 0 Å². The Bertz CT molecular complexity index is 221. The van der Waals surface area contributed by atoms with E-state index in [0.29, 0.717) is 6.04 Å². The van der Waals surface area contributed by atoms with Gasteiger partial charge in [-0.2, -0.15) is 0 Å². The average Bonchev–Trinajstić information content (AvgIpc) is 2.89. The monoisotopic (exact) mass is 307 g/mol. The third kappa shape index (κ3) is 3.61. The highest BCUT2D eigenvalue weighted by Gasteiger charge is 2.28. The molecule has 80 valence electrons. The van der Waals surface area contributed by atoms with Crippen LogP contribution in [0.1, 0.15) is 32.6 Å². The first-order chi connectivity index (χ1) is 6.69. The van der Waals surface area contributed by atoms with E-state index < -0.39 is 0 Å². The third-order valence-electron chi connectivity index (χ3n) is 2.29. The van der Waals surface area contributed by atoms with Gasteiger partial charge in [-0.3, -0.25) is 0 Å². The van der Waals surface area contributed by atoms with E-state index in [9.17, 15) is 5.11 Å². The van der Waals surface area contributed by atoms with Crippen molar-refractivity contribution >= 4 is 22.6 Å². The van der Waals surface area contributed by atoms with Crippen LogP contribution < -0.4 is 0 Å². The summed E-state index contributed by atoms with van der Waals surface area (Å²) >= 11 is 2.04. The van der Waals surface area contributed by atoms with Crippen LogP contribution in [0.25, 0.3) is 0 Å². The second kappa shape index (κ2) is 5.75. The Morgan fingerprint density at radius 3 is 2.71 bits per heavy atom. The molecule has 1 N–H and O–H groups in total. The fraction of sp³-hybridized carbons (Fsp3) is 0.636. The van der Waals surface area contributed by atoms with Gasteiger partial charge < -0.3 is 10.0 Å². The minimum Gasteiger partial charge on any atom is -0.382 e. The molecule has 3 heteroatoms. The van der Waals surface area contributed by atoms with Crippen LogP contribution in [-0.4, -0.2) is 20.2 Å².